The van der Waals surface area contributed by atoms with Crippen molar-refractivity contribution in [3.63, 3.8) is 0 Å². The van der Waals surface area contributed by atoms with Gasteiger partial charge in [-0.15, -0.1) is 0 Å². The van der Waals surface area contributed by atoms with E-state index in [9.17, 15) is 4.39 Å². The molecule has 0 fully saturated rings. The monoisotopic (exact) mass is 344 g/mol. The first kappa shape index (κ1) is 16.7. The second-order valence-electron chi connectivity index (χ2n) is 6.71. The Labute approximate surface area is 147 Å². The lowest BCUT2D eigenvalue weighted by atomic mass is 9.90. The van der Waals surface area contributed by atoms with Crippen molar-refractivity contribution in [2.45, 2.75) is 38.8 Å². The van der Waals surface area contributed by atoms with Gasteiger partial charge in [0.05, 0.1) is 6.04 Å². The maximum atomic E-state index is 13.7. The molecule has 126 valence electrons. The fourth-order valence-corrected chi connectivity index (χ4v) is 3.24. The van der Waals surface area contributed by atoms with Crippen molar-refractivity contribution in [2.75, 3.05) is 5.32 Å². The highest BCUT2D eigenvalue weighted by Crippen LogP contribution is 2.39. The average molecular weight is 344 g/mol. The summed E-state index contributed by atoms with van der Waals surface area (Å²) in [6.45, 7) is 6.06. The molecule has 3 rings (SSSR count). The number of halogens is 1. The number of hydrogen-bond donors (Lipinski definition) is 2. The molecule has 0 saturated heterocycles. The maximum Gasteiger partial charge on any atom is 0.171 e. The number of aryl methyl sites for hydroxylation is 1. The van der Waals surface area contributed by atoms with Gasteiger partial charge in [0.25, 0.3) is 0 Å². The Hall–Kier alpha value is -2.14. The number of thiocarbonyl (C=S) groups is 1. The first-order valence-electron chi connectivity index (χ1n) is 7.96. The van der Waals surface area contributed by atoms with Crippen molar-refractivity contribution < 1.29 is 9.13 Å². The van der Waals surface area contributed by atoms with E-state index < -0.39 is 0 Å². The van der Waals surface area contributed by atoms with Crippen molar-refractivity contribution in [1.82, 2.24) is 5.32 Å². The molecule has 1 atom stereocenters. The molecule has 0 aromatic heterocycles. The highest BCUT2D eigenvalue weighted by atomic mass is 32.1. The van der Waals surface area contributed by atoms with Gasteiger partial charge in [0.1, 0.15) is 17.2 Å². The van der Waals surface area contributed by atoms with Crippen LogP contribution in [0.3, 0.4) is 0 Å². The zero-order valence-electron chi connectivity index (χ0n) is 14.0. The van der Waals surface area contributed by atoms with Gasteiger partial charge in [-0.2, -0.15) is 0 Å². The van der Waals surface area contributed by atoms with Crippen molar-refractivity contribution in [3.05, 3.63) is 59.4 Å². The lowest BCUT2D eigenvalue weighted by Gasteiger charge is -2.38. The van der Waals surface area contributed by atoms with E-state index in [0.29, 0.717) is 17.3 Å². The minimum atomic E-state index is -0.346. The van der Waals surface area contributed by atoms with E-state index in [2.05, 4.69) is 10.6 Å². The van der Waals surface area contributed by atoms with Crippen molar-refractivity contribution in [1.29, 1.82) is 0 Å². The third kappa shape index (κ3) is 3.67. The second-order valence-corrected chi connectivity index (χ2v) is 7.12. The predicted octanol–water partition coefficient (Wildman–Crippen LogP) is 4.72. The summed E-state index contributed by atoms with van der Waals surface area (Å²) in [5, 5.41) is 7.04. The van der Waals surface area contributed by atoms with Crippen LogP contribution in [-0.2, 0) is 0 Å². The Morgan fingerprint density at radius 2 is 2.00 bits per heavy atom. The van der Waals surface area contributed by atoms with Crippen LogP contribution in [0.5, 0.6) is 5.75 Å². The molecule has 24 heavy (non-hydrogen) atoms. The Bertz CT molecular complexity index is 776. The molecular weight excluding hydrogens is 323 g/mol. The van der Waals surface area contributed by atoms with Gasteiger partial charge in [-0.05, 0) is 62.8 Å². The van der Waals surface area contributed by atoms with Crippen LogP contribution < -0.4 is 15.4 Å². The van der Waals surface area contributed by atoms with Gasteiger partial charge < -0.3 is 15.4 Å². The number of hydrogen-bond acceptors (Lipinski definition) is 2. The summed E-state index contributed by atoms with van der Waals surface area (Å²) < 4.78 is 19.6. The Morgan fingerprint density at radius 3 is 2.75 bits per heavy atom. The van der Waals surface area contributed by atoms with Crippen LogP contribution >= 0.6 is 12.2 Å². The fourth-order valence-electron chi connectivity index (χ4n) is 2.98. The van der Waals surface area contributed by atoms with Crippen LogP contribution in [0.25, 0.3) is 0 Å². The van der Waals surface area contributed by atoms with E-state index in [1.54, 1.807) is 6.07 Å². The van der Waals surface area contributed by atoms with E-state index in [-0.39, 0.29) is 17.5 Å². The average Bonchev–Trinajstić information content (AvgIpc) is 2.49. The number of para-hydroxylation sites is 1. The number of benzene rings is 2. The Balaban J connectivity index is 1.80. The molecule has 0 amide bonds. The fraction of sp³-hybridized carbons (Fsp3) is 0.316. The molecule has 0 aliphatic carbocycles. The second kappa shape index (κ2) is 6.40. The summed E-state index contributed by atoms with van der Waals surface area (Å²) in [6, 6.07) is 12.4. The van der Waals surface area contributed by atoms with Crippen molar-refractivity contribution >= 4 is 23.0 Å². The molecule has 0 spiro atoms. The molecule has 1 aliphatic rings. The van der Waals surface area contributed by atoms with Gasteiger partial charge in [-0.3, -0.25) is 0 Å². The zero-order valence-corrected chi connectivity index (χ0v) is 14.8. The smallest absolute Gasteiger partial charge is 0.171 e. The molecule has 0 radical (unpaired) electrons. The number of anilines is 1. The van der Waals surface area contributed by atoms with Crippen LogP contribution in [0, 0.1) is 12.7 Å². The molecule has 2 aromatic carbocycles. The van der Waals surface area contributed by atoms with E-state index in [0.717, 1.165) is 16.8 Å². The molecule has 1 aliphatic heterocycles. The Kier molecular flexibility index (Phi) is 4.45. The van der Waals surface area contributed by atoms with Crippen LogP contribution in [0.2, 0.25) is 0 Å². The molecule has 5 heteroatoms. The van der Waals surface area contributed by atoms with E-state index >= 15 is 0 Å². The number of fused-ring (bicyclic) bond motifs is 1. The largest absolute Gasteiger partial charge is 0.487 e. The third-order valence-corrected chi connectivity index (χ3v) is 4.35. The quantitative estimate of drug-likeness (QED) is 0.772. The first-order chi connectivity index (χ1) is 11.3. The highest BCUT2D eigenvalue weighted by Gasteiger charge is 2.34. The van der Waals surface area contributed by atoms with Gasteiger partial charge in [0, 0.05) is 17.7 Å². The molecule has 0 saturated carbocycles. The molecule has 0 bridgehead atoms. The van der Waals surface area contributed by atoms with Gasteiger partial charge >= 0.3 is 0 Å². The summed E-state index contributed by atoms with van der Waals surface area (Å²) in [5.74, 6) is 0.422. The summed E-state index contributed by atoms with van der Waals surface area (Å²) in [4.78, 5) is 0. The minimum absolute atomic E-state index is 0.108. The van der Waals surface area contributed by atoms with Gasteiger partial charge in [-0.1, -0.05) is 18.2 Å². The lowest BCUT2D eigenvalue weighted by molar-refractivity contribution is 0.0694. The zero-order chi connectivity index (χ0) is 17.3. The van der Waals surface area contributed by atoms with Gasteiger partial charge in [-0.25, -0.2) is 4.39 Å². The number of ether oxygens (including phenoxy) is 1. The van der Waals surface area contributed by atoms with Gasteiger partial charge in [0.15, 0.2) is 5.11 Å². The maximum absolute atomic E-state index is 13.7. The van der Waals surface area contributed by atoms with Crippen molar-refractivity contribution in [3.8, 4) is 5.75 Å². The molecule has 3 nitrogen and oxygen atoms in total. The number of nitrogens with one attached hydrogen (secondary N) is 2. The molecule has 1 heterocycles. The summed E-state index contributed by atoms with van der Waals surface area (Å²) in [5.41, 5.74) is 2.52. The predicted molar refractivity (Wildman–Crippen MR) is 99.0 cm³/mol. The van der Waals surface area contributed by atoms with E-state index in [1.807, 2.05) is 45.0 Å². The summed E-state index contributed by atoms with van der Waals surface area (Å²) >= 11 is 5.46. The molecule has 2 aromatic rings. The molecule has 0 unspecified atom stereocenters. The van der Waals surface area contributed by atoms with Gasteiger partial charge in [0.2, 0.25) is 0 Å². The van der Waals surface area contributed by atoms with Crippen LogP contribution in [0.4, 0.5) is 10.1 Å². The van der Waals surface area contributed by atoms with E-state index in [4.69, 9.17) is 17.0 Å². The topological polar surface area (TPSA) is 33.3 Å². The SMILES string of the molecule is Cc1ccccc1NC(=S)N[C@@H]1CC(C)(C)Oc2ccc(F)cc21. The minimum Gasteiger partial charge on any atom is -0.487 e. The van der Waals surface area contributed by atoms with Crippen LogP contribution in [-0.4, -0.2) is 10.7 Å². The standard InChI is InChI=1S/C19H21FN2OS/c1-12-6-4-5-7-15(12)21-18(24)22-16-11-19(2,3)23-17-9-8-13(20)10-14(16)17/h4-10,16H,11H2,1-3H3,(H2,21,22,24)/t16-/m1/s1. The lowest BCUT2D eigenvalue weighted by Crippen LogP contribution is -2.42. The van der Waals surface area contributed by atoms with Crippen LogP contribution in [0.15, 0.2) is 42.5 Å². The first-order valence-corrected chi connectivity index (χ1v) is 8.36. The summed E-state index contributed by atoms with van der Waals surface area (Å²) in [7, 11) is 0. The van der Waals surface area contributed by atoms with Crippen molar-refractivity contribution in [2.24, 2.45) is 0 Å². The third-order valence-electron chi connectivity index (χ3n) is 4.13. The highest BCUT2D eigenvalue weighted by molar-refractivity contribution is 7.80. The Morgan fingerprint density at radius 1 is 1.25 bits per heavy atom. The molecule has 2 N–H and O–H groups in total. The van der Waals surface area contributed by atoms with Crippen LogP contribution in [0.1, 0.15) is 37.4 Å². The van der Waals surface area contributed by atoms with E-state index in [1.165, 1.54) is 12.1 Å². The number of rotatable bonds is 2. The molecular formula is C19H21FN2OS. The normalized spacial score (nSPS) is 18.2. The summed E-state index contributed by atoms with van der Waals surface area (Å²) in [6.07, 6.45) is 0.693.